The van der Waals surface area contributed by atoms with Gasteiger partial charge in [-0.25, -0.2) is 4.79 Å². The van der Waals surface area contributed by atoms with Crippen LogP contribution < -0.4 is 15.5 Å². The minimum Gasteiger partial charge on any atom is -0.378 e. The highest BCUT2D eigenvalue weighted by Crippen LogP contribution is 2.17. The monoisotopic (exact) mass is 303 g/mol. The fourth-order valence-corrected chi connectivity index (χ4v) is 2.08. The summed E-state index contributed by atoms with van der Waals surface area (Å²) in [5.41, 5.74) is 2.74. The molecular weight excluding hydrogens is 286 g/mol. The van der Waals surface area contributed by atoms with Crippen molar-refractivity contribution in [2.45, 2.75) is 6.54 Å². The summed E-state index contributed by atoms with van der Waals surface area (Å²) in [6.07, 6.45) is 0. The molecule has 5 heteroatoms. The molecule has 0 heterocycles. The zero-order chi connectivity index (χ0) is 15.2. The van der Waals surface area contributed by atoms with Crippen LogP contribution in [0.1, 0.15) is 5.56 Å². The van der Waals surface area contributed by atoms with E-state index in [0.29, 0.717) is 11.6 Å². The SMILES string of the molecule is CN(C)c1cccc(NC(=O)NCc2cccc(Cl)c2)c1. The second-order valence-corrected chi connectivity index (χ2v) is 5.32. The van der Waals surface area contributed by atoms with Crippen molar-refractivity contribution in [2.75, 3.05) is 24.3 Å². The third-order valence-corrected chi connectivity index (χ3v) is 3.20. The Labute approximate surface area is 129 Å². The molecule has 2 aromatic rings. The van der Waals surface area contributed by atoms with Crippen molar-refractivity contribution in [1.29, 1.82) is 0 Å². The number of carbonyl (C=O) groups excluding carboxylic acids is 1. The van der Waals surface area contributed by atoms with Crippen molar-refractivity contribution in [3.8, 4) is 0 Å². The second-order valence-electron chi connectivity index (χ2n) is 4.88. The van der Waals surface area contributed by atoms with Gasteiger partial charge in [-0.3, -0.25) is 0 Å². The number of amides is 2. The van der Waals surface area contributed by atoms with E-state index in [4.69, 9.17) is 11.6 Å². The maximum absolute atomic E-state index is 11.9. The number of nitrogens with one attached hydrogen (secondary N) is 2. The van der Waals surface area contributed by atoms with E-state index in [9.17, 15) is 4.79 Å². The molecule has 0 saturated heterocycles. The summed E-state index contributed by atoms with van der Waals surface area (Å²) in [7, 11) is 3.91. The first-order valence-corrected chi connectivity index (χ1v) is 6.99. The Balaban J connectivity index is 1.91. The average Bonchev–Trinajstić information content (AvgIpc) is 2.45. The lowest BCUT2D eigenvalue weighted by Gasteiger charge is -2.14. The summed E-state index contributed by atoms with van der Waals surface area (Å²) in [6.45, 7) is 0.430. The third kappa shape index (κ3) is 4.68. The summed E-state index contributed by atoms with van der Waals surface area (Å²) in [4.78, 5) is 13.9. The molecule has 2 aromatic carbocycles. The fourth-order valence-electron chi connectivity index (χ4n) is 1.87. The van der Waals surface area contributed by atoms with Crippen molar-refractivity contribution in [3.05, 3.63) is 59.1 Å². The molecule has 0 saturated carbocycles. The molecule has 0 aromatic heterocycles. The highest BCUT2D eigenvalue weighted by molar-refractivity contribution is 6.30. The molecule has 0 aliphatic carbocycles. The summed E-state index contributed by atoms with van der Waals surface area (Å²) in [5, 5.41) is 6.27. The number of anilines is 2. The molecule has 0 unspecified atom stereocenters. The van der Waals surface area contributed by atoms with Crippen LogP contribution in [-0.4, -0.2) is 20.1 Å². The summed E-state index contributed by atoms with van der Waals surface area (Å²) < 4.78 is 0. The Kier molecular flexibility index (Phi) is 5.06. The lowest BCUT2D eigenvalue weighted by Crippen LogP contribution is -2.28. The van der Waals surface area contributed by atoms with Gasteiger partial charge in [-0.05, 0) is 35.9 Å². The predicted octanol–water partition coefficient (Wildman–Crippen LogP) is 3.73. The molecule has 0 spiro atoms. The topological polar surface area (TPSA) is 44.4 Å². The van der Waals surface area contributed by atoms with Gasteiger partial charge in [0, 0.05) is 37.0 Å². The van der Waals surface area contributed by atoms with Crippen LogP contribution in [-0.2, 0) is 6.54 Å². The lowest BCUT2D eigenvalue weighted by molar-refractivity contribution is 0.251. The van der Waals surface area contributed by atoms with Crippen LogP contribution in [0.25, 0.3) is 0 Å². The van der Waals surface area contributed by atoms with Crippen LogP contribution in [0.2, 0.25) is 5.02 Å². The van der Waals surface area contributed by atoms with E-state index in [1.807, 2.05) is 61.5 Å². The van der Waals surface area contributed by atoms with Crippen molar-refractivity contribution < 1.29 is 4.79 Å². The minimum atomic E-state index is -0.245. The van der Waals surface area contributed by atoms with Crippen LogP contribution >= 0.6 is 11.6 Å². The molecule has 0 aliphatic heterocycles. The van der Waals surface area contributed by atoms with Crippen LogP contribution in [0.5, 0.6) is 0 Å². The molecule has 110 valence electrons. The molecule has 21 heavy (non-hydrogen) atoms. The maximum Gasteiger partial charge on any atom is 0.319 e. The van der Waals surface area contributed by atoms with E-state index >= 15 is 0 Å². The molecule has 2 rings (SSSR count). The molecule has 2 N–H and O–H groups in total. The van der Waals surface area contributed by atoms with Crippen LogP contribution in [0, 0.1) is 0 Å². The van der Waals surface area contributed by atoms with Gasteiger partial charge < -0.3 is 15.5 Å². The summed E-state index contributed by atoms with van der Waals surface area (Å²) in [5.74, 6) is 0. The average molecular weight is 304 g/mol. The largest absolute Gasteiger partial charge is 0.378 e. The molecular formula is C16H18ClN3O. The first-order valence-electron chi connectivity index (χ1n) is 6.61. The molecule has 0 aliphatic rings. The van der Waals surface area contributed by atoms with Crippen molar-refractivity contribution >= 4 is 29.0 Å². The van der Waals surface area contributed by atoms with Crippen LogP contribution in [0.15, 0.2) is 48.5 Å². The van der Waals surface area contributed by atoms with Gasteiger partial charge in [-0.2, -0.15) is 0 Å². The highest BCUT2D eigenvalue weighted by Gasteiger charge is 2.03. The van der Waals surface area contributed by atoms with Gasteiger partial charge in [0.1, 0.15) is 0 Å². The van der Waals surface area contributed by atoms with Gasteiger partial charge in [-0.15, -0.1) is 0 Å². The van der Waals surface area contributed by atoms with Gasteiger partial charge in [0.05, 0.1) is 0 Å². The normalized spacial score (nSPS) is 10.0. The summed E-state index contributed by atoms with van der Waals surface area (Å²) in [6, 6.07) is 14.8. The second kappa shape index (κ2) is 6.99. The van der Waals surface area contributed by atoms with E-state index in [-0.39, 0.29) is 6.03 Å². The first kappa shape index (κ1) is 15.2. The molecule has 0 radical (unpaired) electrons. The highest BCUT2D eigenvalue weighted by atomic mass is 35.5. The number of nitrogens with zero attached hydrogens (tertiary/aromatic N) is 1. The van der Waals surface area contributed by atoms with Crippen molar-refractivity contribution in [2.24, 2.45) is 0 Å². The van der Waals surface area contributed by atoms with Gasteiger partial charge in [0.15, 0.2) is 0 Å². The van der Waals surface area contributed by atoms with Gasteiger partial charge >= 0.3 is 6.03 Å². The first-order chi connectivity index (χ1) is 10.0. The molecule has 2 amide bonds. The zero-order valence-corrected chi connectivity index (χ0v) is 12.8. The number of urea groups is 1. The van der Waals surface area contributed by atoms with E-state index in [1.165, 1.54) is 0 Å². The Morgan fingerprint density at radius 1 is 1.14 bits per heavy atom. The maximum atomic E-state index is 11.9. The smallest absolute Gasteiger partial charge is 0.319 e. The van der Waals surface area contributed by atoms with Gasteiger partial charge in [0.2, 0.25) is 0 Å². The minimum absolute atomic E-state index is 0.245. The number of rotatable bonds is 4. The van der Waals surface area contributed by atoms with Crippen molar-refractivity contribution in [1.82, 2.24) is 5.32 Å². The molecule has 0 bridgehead atoms. The zero-order valence-electron chi connectivity index (χ0n) is 12.1. The van der Waals surface area contributed by atoms with Crippen LogP contribution in [0.4, 0.5) is 16.2 Å². The van der Waals surface area contributed by atoms with E-state index in [1.54, 1.807) is 6.07 Å². The number of hydrogen-bond donors (Lipinski definition) is 2. The number of halogens is 1. The standard InChI is InChI=1S/C16H18ClN3O/c1-20(2)15-8-4-7-14(10-15)19-16(21)18-11-12-5-3-6-13(17)9-12/h3-10H,11H2,1-2H3,(H2,18,19,21). The molecule has 4 nitrogen and oxygen atoms in total. The van der Waals surface area contributed by atoms with E-state index < -0.39 is 0 Å². The predicted molar refractivity (Wildman–Crippen MR) is 88.1 cm³/mol. The van der Waals surface area contributed by atoms with Gasteiger partial charge in [0.25, 0.3) is 0 Å². The lowest BCUT2D eigenvalue weighted by atomic mass is 10.2. The van der Waals surface area contributed by atoms with Crippen molar-refractivity contribution in [3.63, 3.8) is 0 Å². The molecule has 0 fully saturated rings. The number of benzene rings is 2. The fraction of sp³-hybridized carbons (Fsp3) is 0.188. The number of carbonyl (C=O) groups is 1. The van der Waals surface area contributed by atoms with Crippen LogP contribution in [0.3, 0.4) is 0 Å². The van der Waals surface area contributed by atoms with E-state index in [0.717, 1.165) is 16.9 Å². The Morgan fingerprint density at radius 3 is 2.62 bits per heavy atom. The quantitative estimate of drug-likeness (QED) is 0.904. The third-order valence-electron chi connectivity index (χ3n) is 2.96. The molecule has 0 atom stereocenters. The summed E-state index contributed by atoms with van der Waals surface area (Å²) >= 11 is 5.90. The Morgan fingerprint density at radius 2 is 1.90 bits per heavy atom. The Bertz CT molecular complexity index is 628. The Hall–Kier alpha value is -2.20. The van der Waals surface area contributed by atoms with Gasteiger partial charge in [-0.1, -0.05) is 29.8 Å². The number of hydrogen-bond acceptors (Lipinski definition) is 2. The van der Waals surface area contributed by atoms with E-state index in [2.05, 4.69) is 10.6 Å².